The van der Waals surface area contributed by atoms with Crippen molar-refractivity contribution < 1.29 is 9.53 Å². The lowest BCUT2D eigenvalue weighted by atomic mass is 9.90. The second-order valence-electron chi connectivity index (χ2n) is 7.59. The lowest BCUT2D eigenvalue weighted by Crippen LogP contribution is -2.39. The standard InChI is InChI=1S/C23H31N3O2/c1-18-5-3-6-20(22(18)28-2)9-8-19-10-14-26(15-11-19)16-13-25-23(27)21-7-4-12-24-17-21/h3-7,12,17,19H,8-11,13-16H2,1-2H3,(H,25,27). The number of benzene rings is 1. The Morgan fingerprint density at radius 1 is 1.25 bits per heavy atom. The van der Waals surface area contributed by atoms with Crippen molar-refractivity contribution >= 4 is 5.91 Å². The van der Waals surface area contributed by atoms with Crippen LogP contribution in [-0.4, -0.2) is 49.1 Å². The molecule has 1 aromatic carbocycles. The van der Waals surface area contributed by atoms with Crippen molar-refractivity contribution in [2.24, 2.45) is 5.92 Å². The van der Waals surface area contributed by atoms with Gasteiger partial charge in [0.1, 0.15) is 5.75 Å². The normalized spacial score (nSPS) is 15.4. The molecule has 28 heavy (non-hydrogen) atoms. The molecular weight excluding hydrogens is 350 g/mol. The first-order valence-electron chi connectivity index (χ1n) is 10.2. The van der Waals surface area contributed by atoms with Crippen molar-refractivity contribution in [1.29, 1.82) is 0 Å². The molecule has 2 heterocycles. The van der Waals surface area contributed by atoms with Crippen molar-refractivity contribution in [3.63, 3.8) is 0 Å². The van der Waals surface area contributed by atoms with Crippen molar-refractivity contribution in [3.05, 3.63) is 59.4 Å². The quantitative estimate of drug-likeness (QED) is 0.761. The van der Waals surface area contributed by atoms with Crippen LogP contribution in [0.15, 0.2) is 42.7 Å². The minimum Gasteiger partial charge on any atom is -0.496 e. The zero-order chi connectivity index (χ0) is 19.8. The number of carbonyl (C=O) groups is 1. The van der Waals surface area contributed by atoms with E-state index < -0.39 is 0 Å². The molecule has 150 valence electrons. The van der Waals surface area contributed by atoms with Gasteiger partial charge >= 0.3 is 0 Å². The Bertz CT molecular complexity index is 756. The second-order valence-corrected chi connectivity index (χ2v) is 7.59. The fourth-order valence-electron chi connectivity index (χ4n) is 3.99. The summed E-state index contributed by atoms with van der Waals surface area (Å²) >= 11 is 0. The predicted molar refractivity (Wildman–Crippen MR) is 112 cm³/mol. The molecule has 1 aliphatic heterocycles. The lowest BCUT2D eigenvalue weighted by Gasteiger charge is -2.32. The smallest absolute Gasteiger partial charge is 0.252 e. The third kappa shape index (κ3) is 5.55. The van der Waals surface area contributed by atoms with Crippen molar-refractivity contribution in [1.82, 2.24) is 15.2 Å². The van der Waals surface area contributed by atoms with Gasteiger partial charge in [-0.1, -0.05) is 18.2 Å². The number of piperidine rings is 1. The number of pyridine rings is 1. The molecular formula is C23H31N3O2. The molecule has 0 saturated carbocycles. The molecule has 1 aromatic heterocycles. The molecule has 1 fully saturated rings. The summed E-state index contributed by atoms with van der Waals surface area (Å²) < 4.78 is 5.58. The maximum atomic E-state index is 12.1. The zero-order valence-corrected chi connectivity index (χ0v) is 17.0. The zero-order valence-electron chi connectivity index (χ0n) is 17.0. The van der Waals surface area contributed by atoms with E-state index in [1.54, 1.807) is 31.6 Å². The molecule has 2 aromatic rings. The first-order valence-corrected chi connectivity index (χ1v) is 10.2. The summed E-state index contributed by atoms with van der Waals surface area (Å²) in [6.45, 7) is 5.91. The molecule has 0 spiro atoms. The van der Waals surface area contributed by atoms with Crippen molar-refractivity contribution in [3.8, 4) is 5.75 Å². The molecule has 1 N–H and O–H groups in total. The number of nitrogens with one attached hydrogen (secondary N) is 1. The number of aromatic nitrogens is 1. The number of rotatable bonds is 8. The minimum atomic E-state index is -0.0462. The van der Waals surface area contributed by atoms with E-state index in [1.807, 2.05) is 0 Å². The molecule has 5 heteroatoms. The Hall–Kier alpha value is -2.40. The van der Waals surface area contributed by atoms with Gasteiger partial charge in [0.25, 0.3) is 5.91 Å². The summed E-state index contributed by atoms with van der Waals surface area (Å²) in [5.41, 5.74) is 3.15. The molecule has 0 aliphatic carbocycles. The van der Waals surface area contributed by atoms with Gasteiger partial charge in [0.2, 0.25) is 0 Å². The highest BCUT2D eigenvalue weighted by Crippen LogP contribution is 2.28. The molecule has 1 aliphatic rings. The summed E-state index contributed by atoms with van der Waals surface area (Å²) in [5.74, 6) is 1.77. The maximum absolute atomic E-state index is 12.1. The summed E-state index contributed by atoms with van der Waals surface area (Å²) in [5, 5.41) is 2.99. The fraction of sp³-hybridized carbons (Fsp3) is 0.478. The highest BCUT2D eigenvalue weighted by molar-refractivity contribution is 5.93. The first-order chi connectivity index (χ1) is 13.7. The molecule has 1 amide bonds. The second kappa shape index (κ2) is 10.2. The van der Waals surface area contributed by atoms with Crippen molar-refractivity contribution in [2.75, 3.05) is 33.3 Å². The molecule has 0 radical (unpaired) electrons. The summed E-state index contributed by atoms with van der Waals surface area (Å²) in [7, 11) is 1.76. The number of para-hydroxylation sites is 1. The largest absolute Gasteiger partial charge is 0.496 e. The Morgan fingerprint density at radius 2 is 2.07 bits per heavy atom. The Balaban J connectivity index is 1.36. The van der Waals surface area contributed by atoms with Gasteiger partial charge in [-0.25, -0.2) is 0 Å². The van der Waals surface area contributed by atoms with Crippen LogP contribution in [0, 0.1) is 12.8 Å². The van der Waals surface area contributed by atoms with Gasteiger partial charge in [-0.15, -0.1) is 0 Å². The number of methoxy groups -OCH3 is 1. The maximum Gasteiger partial charge on any atom is 0.252 e. The lowest BCUT2D eigenvalue weighted by molar-refractivity contribution is 0.0943. The number of likely N-dealkylation sites (tertiary alicyclic amines) is 1. The van der Waals surface area contributed by atoms with Crippen LogP contribution < -0.4 is 10.1 Å². The monoisotopic (exact) mass is 381 g/mol. The van der Waals surface area contributed by atoms with E-state index in [0.29, 0.717) is 12.1 Å². The molecule has 5 nitrogen and oxygen atoms in total. The van der Waals surface area contributed by atoms with E-state index in [2.05, 4.69) is 40.3 Å². The molecule has 3 rings (SSSR count). The van der Waals surface area contributed by atoms with E-state index >= 15 is 0 Å². The number of aryl methyl sites for hydroxylation is 2. The Morgan fingerprint density at radius 3 is 2.79 bits per heavy atom. The van der Waals surface area contributed by atoms with Crippen LogP contribution in [0.5, 0.6) is 5.75 Å². The highest BCUT2D eigenvalue weighted by atomic mass is 16.5. The van der Waals surface area contributed by atoms with E-state index in [0.717, 1.165) is 37.7 Å². The third-order valence-corrected chi connectivity index (χ3v) is 5.66. The first kappa shape index (κ1) is 20.3. The van der Waals surface area contributed by atoms with E-state index in [9.17, 15) is 4.79 Å². The Kier molecular flexibility index (Phi) is 7.43. The molecule has 0 bridgehead atoms. The average molecular weight is 382 g/mol. The van der Waals surface area contributed by atoms with E-state index in [1.165, 1.54) is 30.4 Å². The van der Waals surface area contributed by atoms with Gasteiger partial charge < -0.3 is 15.0 Å². The van der Waals surface area contributed by atoms with Crippen LogP contribution in [0.25, 0.3) is 0 Å². The number of nitrogens with zero attached hydrogens (tertiary/aromatic N) is 2. The van der Waals surface area contributed by atoms with E-state index in [-0.39, 0.29) is 5.91 Å². The van der Waals surface area contributed by atoms with Gasteiger partial charge in [0.15, 0.2) is 0 Å². The van der Waals surface area contributed by atoms with Crippen LogP contribution in [0.4, 0.5) is 0 Å². The van der Waals surface area contributed by atoms with Gasteiger partial charge in [-0.05, 0) is 74.9 Å². The van der Waals surface area contributed by atoms with Crippen LogP contribution in [0.1, 0.15) is 40.7 Å². The fourth-order valence-corrected chi connectivity index (χ4v) is 3.99. The van der Waals surface area contributed by atoms with Gasteiger partial charge in [-0.2, -0.15) is 0 Å². The van der Waals surface area contributed by atoms with Gasteiger partial charge in [-0.3, -0.25) is 9.78 Å². The predicted octanol–water partition coefficient (Wildman–Crippen LogP) is 3.47. The third-order valence-electron chi connectivity index (χ3n) is 5.66. The number of carbonyl (C=O) groups excluding carboxylic acids is 1. The number of hydrogen-bond acceptors (Lipinski definition) is 4. The molecule has 0 atom stereocenters. The number of ether oxygens (including phenoxy) is 1. The average Bonchev–Trinajstić information content (AvgIpc) is 2.73. The van der Waals surface area contributed by atoms with Gasteiger partial charge in [0.05, 0.1) is 12.7 Å². The topological polar surface area (TPSA) is 54.5 Å². The molecule has 0 unspecified atom stereocenters. The number of hydrogen-bond donors (Lipinski definition) is 1. The summed E-state index contributed by atoms with van der Waals surface area (Å²) in [4.78, 5) is 18.5. The summed E-state index contributed by atoms with van der Waals surface area (Å²) in [6.07, 6.45) is 8.03. The minimum absolute atomic E-state index is 0.0462. The Labute approximate surface area is 168 Å². The number of amides is 1. The van der Waals surface area contributed by atoms with Crippen LogP contribution in [0.2, 0.25) is 0 Å². The van der Waals surface area contributed by atoms with Crippen LogP contribution >= 0.6 is 0 Å². The van der Waals surface area contributed by atoms with E-state index in [4.69, 9.17) is 4.74 Å². The summed E-state index contributed by atoms with van der Waals surface area (Å²) in [6, 6.07) is 9.98. The van der Waals surface area contributed by atoms with Gasteiger partial charge in [0, 0.05) is 25.5 Å². The highest BCUT2D eigenvalue weighted by Gasteiger charge is 2.19. The van der Waals surface area contributed by atoms with Crippen LogP contribution in [-0.2, 0) is 6.42 Å². The van der Waals surface area contributed by atoms with Crippen LogP contribution in [0.3, 0.4) is 0 Å². The molecule has 1 saturated heterocycles. The van der Waals surface area contributed by atoms with Crippen molar-refractivity contribution in [2.45, 2.75) is 32.6 Å². The SMILES string of the molecule is COc1c(C)cccc1CCC1CCN(CCNC(=O)c2cccnc2)CC1.